The lowest BCUT2D eigenvalue weighted by Gasteiger charge is -2.22. The van der Waals surface area contributed by atoms with Crippen molar-refractivity contribution in [2.75, 3.05) is 6.54 Å². The van der Waals surface area contributed by atoms with Gasteiger partial charge in [0.05, 0.1) is 6.26 Å². The van der Waals surface area contributed by atoms with Crippen LogP contribution >= 0.6 is 0 Å². The molecule has 120 valence electrons. The Hall–Kier alpha value is -2.63. The van der Waals surface area contributed by atoms with Gasteiger partial charge in [-0.15, -0.1) is 0 Å². The number of aromatic nitrogens is 1. The van der Waals surface area contributed by atoms with E-state index in [1.54, 1.807) is 12.3 Å². The van der Waals surface area contributed by atoms with E-state index in [4.69, 9.17) is 4.42 Å². The largest absolute Gasteiger partial charge is 0.469 e. The third-order valence-corrected chi connectivity index (χ3v) is 4.03. The van der Waals surface area contributed by atoms with Crippen LogP contribution < -0.4 is 10.9 Å². The first-order valence-corrected chi connectivity index (χ1v) is 7.71. The average molecular weight is 314 g/mol. The molecule has 1 atom stereocenters. The average Bonchev–Trinajstić information content (AvgIpc) is 3.06. The van der Waals surface area contributed by atoms with Gasteiger partial charge in [-0.2, -0.15) is 0 Å². The molecule has 2 aromatic rings. The van der Waals surface area contributed by atoms with Crippen molar-refractivity contribution >= 4 is 11.7 Å². The van der Waals surface area contributed by atoms with Crippen molar-refractivity contribution in [3.63, 3.8) is 0 Å². The Balaban J connectivity index is 1.92. The quantitative estimate of drug-likeness (QED) is 0.903. The van der Waals surface area contributed by atoms with Crippen LogP contribution in [0.1, 0.15) is 57.9 Å². The first-order valence-electron chi connectivity index (χ1n) is 7.71. The Labute approximate surface area is 132 Å². The Kier molecular flexibility index (Phi) is 4.14. The summed E-state index contributed by atoms with van der Waals surface area (Å²) in [6, 6.07) is 5.02. The van der Waals surface area contributed by atoms with Gasteiger partial charge in [0.1, 0.15) is 11.3 Å². The summed E-state index contributed by atoms with van der Waals surface area (Å²) in [5.74, 6) is 0.111. The van der Waals surface area contributed by atoms with Crippen molar-refractivity contribution in [3.05, 3.63) is 57.4 Å². The second-order valence-electron chi connectivity index (χ2n) is 5.70. The molecule has 0 saturated heterocycles. The van der Waals surface area contributed by atoms with Gasteiger partial charge in [0.2, 0.25) is 0 Å². The lowest BCUT2D eigenvalue weighted by molar-refractivity contribution is 0.0952. The van der Waals surface area contributed by atoms with E-state index in [0.29, 0.717) is 30.6 Å². The fourth-order valence-electron chi connectivity index (χ4n) is 2.86. The molecule has 0 saturated carbocycles. The number of pyridine rings is 1. The topological polar surface area (TPSA) is 92.2 Å². The van der Waals surface area contributed by atoms with Crippen molar-refractivity contribution < 1.29 is 14.0 Å². The number of nitrogens with one attached hydrogen (secondary N) is 2. The van der Waals surface area contributed by atoms with E-state index in [0.717, 1.165) is 12.2 Å². The number of aromatic amines is 1. The summed E-state index contributed by atoms with van der Waals surface area (Å²) in [6.07, 6.45) is 3.17. The number of rotatable bonds is 4. The number of hydrogen-bond donors (Lipinski definition) is 2. The molecule has 1 amide bonds. The number of amides is 1. The molecule has 23 heavy (non-hydrogen) atoms. The predicted octanol–water partition coefficient (Wildman–Crippen LogP) is 2.02. The molecule has 0 spiro atoms. The second kappa shape index (κ2) is 6.24. The zero-order valence-electron chi connectivity index (χ0n) is 12.8. The van der Waals surface area contributed by atoms with Crippen LogP contribution in [0.2, 0.25) is 0 Å². The molecular formula is C17H18N2O4. The Morgan fingerprint density at radius 3 is 2.91 bits per heavy atom. The molecule has 0 fully saturated rings. The number of ketones is 1. The highest BCUT2D eigenvalue weighted by atomic mass is 16.3. The zero-order chi connectivity index (χ0) is 16.4. The van der Waals surface area contributed by atoms with Crippen molar-refractivity contribution in [3.8, 4) is 0 Å². The molecule has 6 nitrogen and oxygen atoms in total. The number of H-pyrrole nitrogens is 1. The Morgan fingerprint density at radius 2 is 2.22 bits per heavy atom. The summed E-state index contributed by atoms with van der Waals surface area (Å²) in [5, 5.41) is 2.66. The monoisotopic (exact) mass is 314 g/mol. The minimum absolute atomic E-state index is 0.0120. The summed E-state index contributed by atoms with van der Waals surface area (Å²) in [5.41, 5.74) is 0.515. The van der Waals surface area contributed by atoms with Crippen LogP contribution in [0.3, 0.4) is 0 Å². The fraction of sp³-hybridized carbons (Fsp3) is 0.353. The molecule has 0 radical (unpaired) electrons. The number of carbonyl (C=O) groups is 2. The van der Waals surface area contributed by atoms with Crippen LogP contribution in [0.5, 0.6) is 0 Å². The maximum absolute atomic E-state index is 12.4. The molecule has 1 aliphatic carbocycles. The second-order valence-corrected chi connectivity index (χ2v) is 5.70. The molecule has 2 heterocycles. The molecule has 0 aromatic carbocycles. The van der Waals surface area contributed by atoms with Gasteiger partial charge in [-0.3, -0.25) is 14.4 Å². The van der Waals surface area contributed by atoms with Gasteiger partial charge in [0.25, 0.3) is 11.5 Å². The summed E-state index contributed by atoms with van der Waals surface area (Å²) in [7, 11) is 0. The third kappa shape index (κ3) is 2.97. The molecule has 2 N–H and O–H groups in total. The third-order valence-electron chi connectivity index (χ3n) is 4.03. The van der Waals surface area contributed by atoms with Crippen molar-refractivity contribution in [1.82, 2.24) is 10.3 Å². The SMILES string of the molecule is CCCNC(=O)c1cc2c([nH]c1=O)CC(c1ccco1)CC2=O. The zero-order valence-corrected chi connectivity index (χ0v) is 12.8. The van der Waals surface area contributed by atoms with Gasteiger partial charge in [0, 0.05) is 30.1 Å². The van der Waals surface area contributed by atoms with Gasteiger partial charge in [0.15, 0.2) is 5.78 Å². The Bertz CT molecular complexity index is 789. The van der Waals surface area contributed by atoms with Crippen LogP contribution in [0.15, 0.2) is 33.7 Å². The normalized spacial score (nSPS) is 16.9. The predicted molar refractivity (Wildman–Crippen MR) is 83.8 cm³/mol. The lowest BCUT2D eigenvalue weighted by Crippen LogP contribution is -2.33. The first-order chi connectivity index (χ1) is 11.1. The maximum Gasteiger partial charge on any atom is 0.261 e. The van der Waals surface area contributed by atoms with E-state index in [1.807, 2.05) is 13.0 Å². The molecule has 6 heteroatoms. The van der Waals surface area contributed by atoms with E-state index in [9.17, 15) is 14.4 Å². The number of fused-ring (bicyclic) bond motifs is 1. The van der Waals surface area contributed by atoms with Crippen molar-refractivity contribution in [2.45, 2.75) is 32.1 Å². The molecule has 1 aliphatic rings. The van der Waals surface area contributed by atoms with Crippen molar-refractivity contribution in [2.24, 2.45) is 0 Å². The summed E-state index contributed by atoms with van der Waals surface area (Å²) in [4.78, 5) is 39.2. The Morgan fingerprint density at radius 1 is 1.39 bits per heavy atom. The van der Waals surface area contributed by atoms with Crippen LogP contribution in [0.4, 0.5) is 0 Å². The maximum atomic E-state index is 12.4. The van der Waals surface area contributed by atoms with Gasteiger partial charge >= 0.3 is 0 Å². The van der Waals surface area contributed by atoms with Crippen LogP contribution in [0.25, 0.3) is 0 Å². The summed E-state index contributed by atoms with van der Waals surface area (Å²) in [6.45, 7) is 2.42. The first kappa shape index (κ1) is 15.3. The van der Waals surface area contributed by atoms with Gasteiger partial charge in [-0.25, -0.2) is 0 Å². The summed E-state index contributed by atoms with van der Waals surface area (Å²) < 4.78 is 5.36. The van der Waals surface area contributed by atoms with Crippen molar-refractivity contribution in [1.29, 1.82) is 0 Å². The molecule has 0 bridgehead atoms. The van der Waals surface area contributed by atoms with Gasteiger partial charge < -0.3 is 14.7 Å². The number of furan rings is 1. The molecular weight excluding hydrogens is 296 g/mol. The number of Topliss-reactive ketones (excluding diaryl/α,β-unsaturated/α-hetero) is 1. The lowest BCUT2D eigenvalue weighted by atomic mass is 9.84. The van der Waals surface area contributed by atoms with Gasteiger partial charge in [-0.1, -0.05) is 6.92 Å². The smallest absolute Gasteiger partial charge is 0.261 e. The minimum Gasteiger partial charge on any atom is -0.469 e. The van der Waals surface area contributed by atoms with Crippen LogP contribution in [0, 0.1) is 0 Å². The minimum atomic E-state index is -0.467. The van der Waals surface area contributed by atoms with E-state index < -0.39 is 11.5 Å². The van der Waals surface area contributed by atoms with E-state index in [-0.39, 0.29) is 17.3 Å². The number of hydrogen-bond acceptors (Lipinski definition) is 4. The molecule has 3 rings (SSSR count). The van der Waals surface area contributed by atoms with Crippen LogP contribution in [-0.4, -0.2) is 23.2 Å². The van der Waals surface area contributed by atoms with E-state index in [2.05, 4.69) is 10.3 Å². The van der Waals surface area contributed by atoms with Crippen LogP contribution in [-0.2, 0) is 6.42 Å². The standard InChI is InChI=1S/C17H18N2O4/c1-2-5-18-16(21)12-9-11-13(19-17(12)22)7-10(8-14(11)20)15-4-3-6-23-15/h3-4,6,9-10H,2,5,7-8H2,1H3,(H,18,21)(H,19,22). The summed E-state index contributed by atoms with van der Waals surface area (Å²) >= 11 is 0. The molecule has 1 unspecified atom stereocenters. The number of carbonyl (C=O) groups excluding carboxylic acids is 2. The van der Waals surface area contributed by atoms with E-state index in [1.165, 1.54) is 6.07 Å². The fourth-order valence-corrected chi connectivity index (χ4v) is 2.86. The van der Waals surface area contributed by atoms with E-state index >= 15 is 0 Å². The molecule has 2 aromatic heterocycles. The highest BCUT2D eigenvalue weighted by molar-refractivity contribution is 6.02. The highest BCUT2D eigenvalue weighted by Crippen LogP contribution is 2.31. The van der Waals surface area contributed by atoms with Gasteiger partial charge in [-0.05, 0) is 31.0 Å². The molecule has 0 aliphatic heterocycles. The highest BCUT2D eigenvalue weighted by Gasteiger charge is 2.30.